The van der Waals surface area contributed by atoms with Crippen molar-refractivity contribution < 1.29 is 22.3 Å². The maximum absolute atomic E-state index is 13.6. The SMILES string of the molecule is COc1ccc(S(=O)(=O)N2CCn3cccc3[C@H]2c2ccc(F)cc2)cc1OC. The number of ether oxygens (including phenoxy) is 2. The average molecular weight is 416 g/mol. The van der Waals surface area contributed by atoms with E-state index in [9.17, 15) is 12.8 Å². The molecular formula is C21H21FN2O4S. The Balaban J connectivity index is 1.82. The summed E-state index contributed by atoms with van der Waals surface area (Å²) < 4.78 is 54.6. The van der Waals surface area contributed by atoms with Crippen LogP contribution in [-0.2, 0) is 16.6 Å². The van der Waals surface area contributed by atoms with Crippen LogP contribution in [0.5, 0.6) is 11.5 Å². The van der Waals surface area contributed by atoms with E-state index in [1.807, 2.05) is 22.9 Å². The van der Waals surface area contributed by atoms with Gasteiger partial charge in [0.05, 0.1) is 25.2 Å². The Bertz CT molecular complexity index is 1130. The van der Waals surface area contributed by atoms with Crippen molar-refractivity contribution >= 4 is 10.0 Å². The van der Waals surface area contributed by atoms with E-state index in [1.165, 1.54) is 42.8 Å². The Labute approximate surface area is 169 Å². The number of hydrogen-bond acceptors (Lipinski definition) is 4. The molecule has 8 heteroatoms. The number of sulfonamides is 1. The molecule has 0 bridgehead atoms. The standard InChI is InChI=1S/C21H21FN2O4S/c1-27-19-10-9-17(14-20(19)28-2)29(25,26)24-13-12-23-11-3-4-18(23)21(24)15-5-7-16(22)8-6-15/h3-11,14,21H,12-13H2,1-2H3/t21-/m1/s1. The minimum absolute atomic E-state index is 0.113. The lowest BCUT2D eigenvalue weighted by Gasteiger charge is -2.36. The molecule has 0 spiro atoms. The third kappa shape index (κ3) is 3.38. The summed E-state index contributed by atoms with van der Waals surface area (Å²) in [6.45, 7) is 0.826. The molecule has 0 N–H and O–H groups in total. The summed E-state index contributed by atoms with van der Waals surface area (Å²) in [5.41, 5.74) is 1.54. The summed E-state index contributed by atoms with van der Waals surface area (Å²) in [7, 11) is -0.900. The van der Waals surface area contributed by atoms with Gasteiger partial charge in [0.2, 0.25) is 10.0 Å². The van der Waals surface area contributed by atoms with Crippen molar-refractivity contribution in [2.75, 3.05) is 20.8 Å². The summed E-state index contributed by atoms with van der Waals surface area (Å²) in [6.07, 6.45) is 1.92. The lowest BCUT2D eigenvalue weighted by atomic mass is 10.0. The van der Waals surface area contributed by atoms with E-state index >= 15 is 0 Å². The quantitative estimate of drug-likeness (QED) is 0.639. The number of hydrogen-bond donors (Lipinski definition) is 0. The van der Waals surface area contributed by atoms with Crippen molar-refractivity contribution in [3.63, 3.8) is 0 Å². The largest absolute Gasteiger partial charge is 0.493 e. The highest BCUT2D eigenvalue weighted by Gasteiger charge is 2.38. The third-order valence-electron chi connectivity index (χ3n) is 5.14. The van der Waals surface area contributed by atoms with Gasteiger partial charge < -0.3 is 14.0 Å². The number of nitrogens with zero attached hydrogens (tertiary/aromatic N) is 2. The lowest BCUT2D eigenvalue weighted by molar-refractivity contribution is 0.298. The highest BCUT2D eigenvalue weighted by molar-refractivity contribution is 7.89. The number of aromatic nitrogens is 1. The molecule has 1 aromatic heterocycles. The van der Waals surface area contributed by atoms with Crippen LogP contribution in [0.2, 0.25) is 0 Å². The summed E-state index contributed by atoms with van der Waals surface area (Å²) in [4.78, 5) is 0.113. The van der Waals surface area contributed by atoms with Crippen LogP contribution < -0.4 is 9.47 Å². The van der Waals surface area contributed by atoms with Crippen LogP contribution in [0, 0.1) is 5.82 Å². The van der Waals surface area contributed by atoms with Gasteiger partial charge in [-0.25, -0.2) is 12.8 Å². The van der Waals surface area contributed by atoms with Crippen LogP contribution in [0.3, 0.4) is 0 Å². The van der Waals surface area contributed by atoms with E-state index < -0.39 is 16.1 Å². The zero-order chi connectivity index (χ0) is 20.6. The number of benzene rings is 2. The van der Waals surface area contributed by atoms with Gasteiger partial charge in [-0.2, -0.15) is 4.31 Å². The minimum atomic E-state index is -3.86. The van der Waals surface area contributed by atoms with E-state index in [0.717, 1.165) is 5.69 Å². The smallest absolute Gasteiger partial charge is 0.244 e. The van der Waals surface area contributed by atoms with Crippen molar-refractivity contribution in [2.45, 2.75) is 17.5 Å². The van der Waals surface area contributed by atoms with Crippen LogP contribution >= 0.6 is 0 Å². The molecule has 0 saturated carbocycles. The molecule has 0 saturated heterocycles. The molecule has 1 atom stereocenters. The van der Waals surface area contributed by atoms with E-state index in [0.29, 0.717) is 30.2 Å². The van der Waals surface area contributed by atoms with Crippen molar-refractivity contribution in [2.24, 2.45) is 0 Å². The molecular weight excluding hydrogens is 395 g/mol. The van der Waals surface area contributed by atoms with Gasteiger partial charge in [-0.1, -0.05) is 12.1 Å². The van der Waals surface area contributed by atoms with E-state index in [2.05, 4.69) is 0 Å². The number of rotatable bonds is 5. The maximum atomic E-state index is 13.6. The van der Waals surface area contributed by atoms with Crippen LogP contribution in [-0.4, -0.2) is 38.1 Å². The summed E-state index contributed by atoms with van der Waals surface area (Å²) in [6, 6.07) is 13.7. The highest BCUT2D eigenvalue weighted by atomic mass is 32.2. The fourth-order valence-corrected chi connectivity index (χ4v) is 5.31. The first kappa shape index (κ1) is 19.5. The molecule has 29 heavy (non-hydrogen) atoms. The van der Waals surface area contributed by atoms with E-state index in [-0.39, 0.29) is 10.7 Å². The average Bonchev–Trinajstić information content (AvgIpc) is 3.22. The molecule has 4 rings (SSSR count). The van der Waals surface area contributed by atoms with E-state index in [1.54, 1.807) is 18.2 Å². The maximum Gasteiger partial charge on any atom is 0.244 e. The third-order valence-corrected chi connectivity index (χ3v) is 7.00. The van der Waals surface area contributed by atoms with Gasteiger partial charge >= 0.3 is 0 Å². The second kappa shape index (κ2) is 7.53. The molecule has 0 radical (unpaired) electrons. The highest BCUT2D eigenvalue weighted by Crippen LogP contribution is 2.38. The summed E-state index contributed by atoms with van der Waals surface area (Å²) in [5, 5.41) is 0. The summed E-state index contributed by atoms with van der Waals surface area (Å²) in [5.74, 6) is 0.426. The second-order valence-corrected chi connectivity index (χ2v) is 8.60. The van der Waals surface area contributed by atoms with Gasteiger partial charge in [0, 0.05) is 31.0 Å². The Kier molecular flexibility index (Phi) is 5.06. The molecule has 152 valence electrons. The topological polar surface area (TPSA) is 60.8 Å². The first-order chi connectivity index (χ1) is 14.0. The Morgan fingerprint density at radius 1 is 0.966 bits per heavy atom. The van der Waals surface area contributed by atoms with E-state index in [4.69, 9.17) is 9.47 Å². The summed E-state index contributed by atoms with van der Waals surface area (Å²) >= 11 is 0. The molecule has 0 fully saturated rings. The number of methoxy groups -OCH3 is 2. The monoisotopic (exact) mass is 416 g/mol. The molecule has 3 aromatic rings. The predicted octanol–water partition coefficient (Wildman–Crippen LogP) is 3.44. The van der Waals surface area contributed by atoms with Crippen molar-refractivity contribution in [1.29, 1.82) is 0 Å². The fraction of sp³-hybridized carbons (Fsp3) is 0.238. The van der Waals surface area contributed by atoms with Gasteiger partial charge in [-0.3, -0.25) is 0 Å². The molecule has 6 nitrogen and oxygen atoms in total. The second-order valence-electron chi connectivity index (χ2n) is 6.71. The van der Waals surface area contributed by atoms with Crippen LogP contribution in [0.15, 0.2) is 65.7 Å². The van der Waals surface area contributed by atoms with Gasteiger partial charge in [0.25, 0.3) is 0 Å². The number of halogens is 1. The Hall–Kier alpha value is -2.84. The number of fused-ring (bicyclic) bond motifs is 1. The molecule has 1 aliphatic rings. The predicted molar refractivity (Wildman–Crippen MR) is 106 cm³/mol. The van der Waals surface area contributed by atoms with Gasteiger partial charge in [0.15, 0.2) is 11.5 Å². The van der Waals surface area contributed by atoms with Crippen molar-refractivity contribution in [1.82, 2.24) is 8.87 Å². The molecule has 0 aliphatic carbocycles. The van der Waals surface area contributed by atoms with Crippen LogP contribution in [0.1, 0.15) is 17.3 Å². The molecule has 0 unspecified atom stereocenters. The zero-order valence-corrected chi connectivity index (χ0v) is 16.9. The van der Waals surface area contributed by atoms with Gasteiger partial charge in [-0.15, -0.1) is 0 Å². The first-order valence-corrected chi connectivity index (χ1v) is 10.5. The van der Waals surface area contributed by atoms with Crippen LogP contribution in [0.4, 0.5) is 4.39 Å². The first-order valence-electron chi connectivity index (χ1n) is 9.10. The Morgan fingerprint density at radius 2 is 1.69 bits per heavy atom. The lowest BCUT2D eigenvalue weighted by Crippen LogP contribution is -2.42. The fourth-order valence-electron chi connectivity index (χ4n) is 3.72. The van der Waals surface area contributed by atoms with Crippen LogP contribution in [0.25, 0.3) is 0 Å². The van der Waals surface area contributed by atoms with Gasteiger partial charge in [0.1, 0.15) is 5.82 Å². The molecule has 2 aromatic carbocycles. The van der Waals surface area contributed by atoms with Crippen molar-refractivity contribution in [3.8, 4) is 11.5 Å². The minimum Gasteiger partial charge on any atom is -0.493 e. The molecule has 0 amide bonds. The normalized spacial score (nSPS) is 17.0. The van der Waals surface area contributed by atoms with Crippen molar-refractivity contribution in [3.05, 3.63) is 77.9 Å². The Morgan fingerprint density at radius 3 is 2.38 bits per heavy atom. The molecule has 1 aliphatic heterocycles. The molecule has 2 heterocycles. The van der Waals surface area contributed by atoms with Gasteiger partial charge in [-0.05, 0) is 42.0 Å². The zero-order valence-electron chi connectivity index (χ0n) is 16.1.